The summed E-state index contributed by atoms with van der Waals surface area (Å²) < 4.78 is 0. The zero-order valence-corrected chi connectivity index (χ0v) is 16.8. The molecular weight excluding hydrogens is 356 g/mol. The van der Waals surface area contributed by atoms with Gasteiger partial charge < -0.3 is 4.90 Å². The topological polar surface area (TPSA) is 23.6 Å². The van der Waals surface area contributed by atoms with Crippen molar-refractivity contribution in [2.75, 3.05) is 26.2 Å². The molecule has 3 nitrogen and oxygen atoms in total. The van der Waals surface area contributed by atoms with Crippen LogP contribution in [0.1, 0.15) is 36.5 Å². The zero-order chi connectivity index (χ0) is 19.2. The maximum atomic E-state index is 12.5. The molecule has 1 saturated heterocycles. The normalized spacial score (nSPS) is 15.6. The largest absolute Gasteiger partial charge is 0.337 e. The minimum absolute atomic E-state index is 0.0883. The Bertz CT molecular complexity index is 790. The van der Waals surface area contributed by atoms with Crippen molar-refractivity contribution in [3.63, 3.8) is 0 Å². The molecule has 1 fully saturated rings. The molecule has 0 radical (unpaired) electrons. The van der Waals surface area contributed by atoms with Crippen molar-refractivity contribution in [1.29, 1.82) is 0 Å². The van der Waals surface area contributed by atoms with Crippen LogP contribution in [0.3, 0.4) is 0 Å². The van der Waals surface area contributed by atoms with Crippen molar-refractivity contribution in [1.82, 2.24) is 9.80 Å². The molecule has 0 spiro atoms. The van der Waals surface area contributed by atoms with Crippen LogP contribution >= 0.6 is 11.6 Å². The van der Waals surface area contributed by atoms with Crippen molar-refractivity contribution in [3.05, 3.63) is 76.3 Å². The van der Waals surface area contributed by atoms with Gasteiger partial charge in [0.1, 0.15) is 0 Å². The van der Waals surface area contributed by atoms with Gasteiger partial charge in [-0.2, -0.15) is 0 Å². The molecule has 4 heteroatoms. The highest BCUT2D eigenvalue weighted by Crippen LogP contribution is 2.16. The molecule has 142 valence electrons. The molecule has 0 bridgehead atoms. The summed E-state index contributed by atoms with van der Waals surface area (Å²) in [5.74, 6) is 0.609. The van der Waals surface area contributed by atoms with Gasteiger partial charge in [0.25, 0.3) is 0 Å². The molecule has 0 N–H and O–H groups in total. The van der Waals surface area contributed by atoms with Gasteiger partial charge >= 0.3 is 0 Å². The van der Waals surface area contributed by atoms with E-state index in [1.54, 1.807) is 6.08 Å². The molecule has 2 aromatic rings. The molecule has 0 unspecified atom stereocenters. The number of rotatable bonds is 5. The highest BCUT2D eigenvalue weighted by atomic mass is 35.5. The molecule has 1 amide bonds. The third-order valence-corrected chi connectivity index (χ3v) is 5.24. The second-order valence-electron chi connectivity index (χ2n) is 7.39. The van der Waals surface area contributed by atoms with Crippen LogP contribution in [0.4, 0.5) is 0 Å². The van der Waals surface area contributed by atoms with Crippen molar-refractivity contribution in [2.24, 2.45) is 0 Å². The minimum Gasteiger partial charge on any atom is -0.337 e. The van der Waals surface area contributed by atoms with E-state index < -0.39 is 0 Å². The number of hydrogen-bond donors (Lipinski definition) is 0. The zero-order valence-electron chi connectivity index (χ0n) is 16.1. The molecular formula is C23H27ClN2O. The lowest BCUT2D eigenvalue weighted by Gasteiger charge is -2.34. The maximum absolute atomic E-state index is 12.5. The highest BCUT2D eigenvalue weighted by Gasteiger charge is 2.19. The van der Waals surface area contributed by atoms with E-state index >= 15 is 0 Å². The van der Waals surface area contributed by atoms with Crippen LogP contribution in [-0.2, 0) is 11.3 Å². The van der Waals surface area contributed by atoms with Crippen molar-refractivity contribution < 1.29 is 4.79 Å². The van der Waals surface area contributed by atoms with Gasteiger partial charge in [0.05, 0.1) is 0 Å². The van der Waals surface area contributed by atoms with Crippen molar-refractivity contribution in [2.45, 2.75) is 26.3 Å². The van der Waals surface area contributed by atoms with Crippen LogP contribution in [0.15, 0.2) is 54.6 Å². The summed E-state index contributed by atoms with van der Waals surface area (Å²) >= 11 is 6.06. The van der Waals surface area contributed by atoms with E-state index in [2.05, 4.69) is 49.1 Å². The monoisotopic (exact) mass is 382 g/mol. The highest BCUT2D eigenvalue weighted by molar-refractivity contribution is 6.30. The second-order valence-corrected chi connectivity index (χ2v) is 7.82. The fourth-order valence-electron chi connectivity index (χ4n) is 3.28. The maximum Gasteiger partial charge on any atom is 0.246 e. The summed E-state index contributed by atoms with van der Waals surface area (Å²) in [5, 5.41) is 0.771. The van der Waals surface area contributed by atoms with Crippen molar-refractivity contribution in [3.8, 4) is 0 Å². The standard InChI is InChI=1S/C23H27ClN2O/c1-18(2)21-9-6-19(7-10-21)8-11-23(27)26-14-12-25(13-15-26)17-20-4-3-5-22(24)16-20/h3-11,16,18H,12-15,17H2,1-2H3/b11-8+. The van der Waals surface area contributed by atoms with E-state index in [-0.39, 0.29) is 5.91 Å². The summed E-state index contributed by atoms with van der Waals surface area (Å²) in [5.41, 5.74) is 3.59. The van der Waals surface area contributed by atoms with Crippen LogP contribution < -0.4 is 0 Å². The Labute approximate surface area is 167 Å². The number of halogens is 1. The first-order chi connectivity index (χ1) is 13.0. The molecule has 3 rings (SSSR count). The molecule has 0 saturated carbocycles. The smallest absolute Gasteiger partial charge is 0.246 e. The van der Waals surface area contributed by atoms with Gasteiger partial charge in [-0.05, 0) is 40.8 Å². The molecule has 0 aliphatic carbocycles. The predicted molar refractivity (Wildman–Crippen MR) is 113 cm³/mol. The summed E-state index contributed by atoms with van der Waals surface area (Å²) in [7, 11) is 0. The number of amides is 1. The van der Waals surface area contributed by atoms with E-state index in [4.69, 9.17) is 11.6 Å². The quantitative estimate of drug-likeness (QED) is 0.692. The number of carbonyl (C=O) groups excluding carboxylic acids is 1. The van der Waals surface area contributed by atoms with Crippen molar-refractivity contribution >= 4 is 23.6 Å². The Hall–Kier alpha value is -2.10. The average molecular weight is 383 g/mol. The lowest BCUT2D eigenvalue weighted by molar-refractivity contribution is -0.127. The van der Waals surface area contributed by atoms with Gasteiger partial charge in [-0.15, -0.1) is 0 Å². The molecule has 1 heterocycles. The summed E-state index contributed by atoms with van der Waals surface area (Å²) in [6.45, 7) is 8.53. The van der Waals surface area contributed by atoms with Crippen LogP contribution in [0.2, 0.25) is 5.02 Å². The Morgan fingerprint density at radius 3 is 2.41 bits per heavy atom. The fourth-order valence-corrected chi connectivity index (χ4v) is 3.50. The van der Waals surface area contributed by atoms with Crippen LogP contribution in [0.25, 0.3) is 6.08 Å². The summed E-state index contributed by atoms with van der Waals surface area (Å²) in [6.07, 6.45) is 3.60. The Balaban J connectivity index is 1.49. The van der Waals surface area contributed by atoms with Gasteiger partial charge in [-0.3, -0.25) is 9.69 Å². The van der Waals surface area contributed by atoms with Gasteiger partial charge in [-0.1, -0.05) is 61.8 Å². The number of nitrogens with zero attached hydrogens (tertiary/aromatic N) is 2. The predicted octanol–water partition coefficient (Wildman–Crippen LogP) is 4.82. The van der Waals surface area contributed by atoms with Crippen LogP contribution in [-0.4, -0.2) is 41.9 Å². The number of hydrogen-bond acceptors (Lipinski definition) is 2. The molecule has 0 atom stereocenters. The van der Waals surface area contributed by atoms with Gasteiger partial charge in [0, 0.05) is 43.8 Å². The summed E-state index contributed by atoms with van der Waals surface area (Å²) in [6, 6.07) is 16.4. The third kappa shape index (κ3) is 5.69. The number of carbonyl (C=O) groups is 1. The Morgan fingerprint density at radius 2 is 1.78 bits per heavy atom. The van der Waals surface area contributed by atoms with E-state index in [9.17, 15) is 4.79 Å². The third-order valence-electron chi connectivity index (χ3n) is 5.00. The number of benzene rings is 2. The lowest BCUT2D eigenvalue weighted by atomic mass is 10.0. The lowest BCUT2D eigenvalue weighted by Crippen LogP contribution is -2.47. The van der Waals surface area contributed by atoms with Gasteiger partial charge in [-0.25, -0.2) is 0 Å². The molecule has 1 aliphatic heterocycles. The first-order valence-electron chi connectivity index (χ1n) is 9.55. The minimum atomic E-state index is 0.0883. The molecule has 1 aliphatic rings. The first kappa shape index (κ1) is 19.7. The SMILES string of the molecule is CC(C)c1ccc(/C=C/C(=O)N2CCN(Cc3cccc(Cl)c3)CC2)cc1. The van der Waals surface area contributed by atoms with Crippen LogP contribution in [0.5, 0.6) is 0 Å². The molecule has 27 heavy (non-hydrogen) atoms. The average Bonchev–Trinajstić information content (AvgIpc) is 2.67. The van der Waals surface area contributed by atoms with Crippen LogP contribution in [0, 0.1) is 0 Å². The molecule has 0 aromatic heterocycles. The van der Waals surface area contributed by atoms with E-state index in [0.717, 1.165) is 43.3 Å². The Kier molecular flexibility index (Phi) is 6.70. The first-order valence-corrected chi connectivity index (χ1v) is 9.93. The van der Waals surface area contributed by atoms with E-state index in [1.807, 2.05) is 29.2 Å². The second kappa shape index (κ2) is 9.20. The Morgan fingerprint density at radius 1 is 1.07 bits per heavy atom. The van der Waals surface area contributed by atoms with Gasteiger partial charge in [0.15, 0.2) is 0 Å². The molecule has 2 aromatic carbocycles. The summed E-state index contributed by atoms with van der Waals surface area (Å²) in [4.78, 5) is 16.7. The fraction of sp³-hybridized carbons (Fsp3) is 0.348. The van der Waals surface area contributed by atoms with E-state index in [0.29, 0.717) is 5.92 Å². The van der Waals surface area contributed by atoms with E-state index in [1.165, 1.54) is 11.1 Å². The van der Waals surface area contributed by atoms with Gasteiger partial charge in [0.2, 0.25) is 5.91 Å². The number of piperazine rings is 1.